The molecule has 130 valence electrons. The average molecular weight is 363 g/mol. The van der Waals surface area contributed by atoms with Crippen molar-refractivity contribution >= 4 is 33.8 Å². The maximum Gasteiger partial charge on any atom is 0.236 e. The van der Waals surface area contributed by atoms with Gasteiger partial charge in [-0.2, -0.15) is 0 Å². The Kier molecular flexibility index (Phi) is 4.26. The molecule has 26 heavy (non-hydrogen) atoms. The van der Waals surface area contributed by atoms with Gasteiger partial charge in [0.2, 0.25) is 11.8 Å². The lowest BCUT2D eigenvalue weighted by molar-refractivity contribution is -0.115. The Labute approximate surface area is 154 Å². The molecule has 3 aromatic heterocycles. The van der Waals surface area contributed by atoms with E-state index in [1.54, 1.807) is 17.5 Å². The Bertz CT molecular complexity index is 1080. The summed E-state index contributed by atoms with van der Waals surface area (Å²) in [6.07, 6.45) is 1.92. The van der Waals surface area contributed by atoms with Crippen molar-refractivity contribution in [2.45, 2.75) is 20.3 Å². The van der Waals surface area contributed by atoms with Crippen LogP contribution in [0.15, 0.2) is 52.4 Å². The number of anilines is 1. The van der Waals surface area contributed by atoms with Crippen LogP contribution in [0.1, 0.15) is 17.0 Å². The number of aryl methyl sites for hydroxylation is 2. The fourth-order valence-corrected chi connectivity index (χ4v) is 3.52. The maximum absolute atomic E-state index is 12.5. The summed E-state index contributed by atoms with van der Waals surface area (Å²) in [5, 5.41) is 5.87. The molecule has 4 aromatic rings. The van der Waals surface area contributed by atoms with Crippen molar-refractivity contribution < 1.29 is 9.21 Å². The molecule has 0 aliphatic rings. The highest BCUT2D eigenvalue weighted by molar-refractivity contribution is 7.13. The van der Waals surface area contributed by atoms with Crippen LogP contribution in [0.2, 0.25) is 0 Å². The molecular formula is C20H17N3O2S. The average Bonchev–Trinajstić information content (AvgIpc) is 3.28. The molecule has 0 spiro atoms. The van der Waals surface area contributed by atoms with E-state index in [-0.39, 0.29) is 12.3 Å². The van der Waals surface area contributed by atoms with Crippen molar-refractivity contribution in [3.8, 4) is 10.8 Å². The van der Waals surface area contributed by atoms with Crippen LogP contribution in [0.5, 0.6) is 0 Å². The molecule has 0 saturated carbocycles. The first kappa shape index (κ1) is 16.5. The van der Waals surface area contributed by atoms with E-state index < -0.39 is 0 Å². The zero-order chi connectivity index (χ0) is 18.1. The lowest BCUT2D eigenvalue weighted by Gasteiger charge is -2.09. The minimum absolute atomic E-state index is 0.131. The quantitative estimate of drug-likeness (QED) is 0.568. The number of fused-ring (bicyclic) bond motifs is 1. The summed E-state index contributed by atoms with van der Waals surface area (Å²) >= 11 is 1.56. The second kappa shape index (κ2) is 6.72. The van der Waals surface area contributed by atoms with Gasteiger partial charge >= 0.3 is 0 Å². The van der Waals surface area contributed by atoms with Gasteiger partial charge in [-0.25, -0.2) is 4.98 Å². The van der Waals surface area contributed by atoms with E-state index in [0.717, 1.165) is 27.0 Å². The number of oxazole rings is 1. The van der Waals surface area contributed by atoms with Crippen LogP contribution in [0.3, 0.4) is 0 Å². The van der Waals surface area contributed by atoms with Crippen LogP contribution in [0.4, 0.5) is 5.69 Å². The van der Waals surface area contributed by atoms with Crippen molar-refractivity contribution in [1.82, 2.24) is 9.97 Å². The monoisotopic (exact) mass is 363 g/mol. The molecule has 0 radical (unpaired) electrons. The standard InChI is InChI=1S/C20H17N3O2S/c1-12-7-8-15(14-5-3-9-21-19(12)14)22-18(24)11-16-13(2)25-20(23-16)17-6-4-10-26-17/h3-10H,11H2,1-2H3,(H,22,24). The molecule has 6 heteroatoms. The Morgan fingerprint density at radius 2 is 2.08 bits per heavy atom. The van der Waals surface area contributed by atoms with Crippen LogP contribution in [-0.4, -0.2) is 15.9 Å². The minimum Gasteiger partial charge on any atom is -0.440 e. The zero-order valence-corrected chi connectivity index (χ0v) is 15.3. The highest BCUT2D eigenvalue weighted by Crippen LogP contribution is 2.27. The summed E-state index contributed by atoms with van der Waals surface area (Å²) in [7, 11) is 0. The summed E-state index contributed by atoms with van der Waals surface area (Å²) in [6.45, 7) is 3.84. The third-order valence-corrected chi connectivity index (χ3v) is 5.06. The molecule has 0 aliphatic heterocycles. The first-order valence-corrected chi connectivity index (χ1v) is 9.14. The number of thiophene rings is 1. The van der Waals surface area contributed by atoms with Gasteiger partial charge in [0.1, 0.15) is 5.76 Å². The van der Waals surface area contributed by atoms with E-state index in [2.05, 4.69) is 15.3 Å². The second-order valence-corrected chi connectivity index (χ2v) is 7.00. The van der Waals surface area contributed by atoms with Gasteiger partial charge < -0.3 is 9.73 Å². The van der Waals surface area contributed by atoms with Gasteiger partial charge in [0.25, 0.3) is 0 Å². The summed E-state index contributed by atoms with van der Waals surface area (Å²) in [4.78, 5) is 22.4. The van der Waals surface area contributed by atoms with Crippen LogP contribution >= 0.6 is 11.3 Å². The van der Waals surface area contributed by atoms with E-state index in [4.69, 9.17) is 4.42 Å². The predicted octanol–water partition coefficient (Wildman–Crippen LogP) is 4.75. The smallest absolute Gasteiger partial charge is 0.236 e. The van der Waals surface area contributed by atoms with Crippen LogP contribution < -0.4 is 5.32 Å². The van der Waals surface area contributed by atoms with Gasteiger partial charge in [-0.15, -0.1) is 11.3 Å². The van der Waals surface area contributed by atoms with E-state index in [1.165, 1.54) is 0 Å². The molecule has 0 fully saturated rings. The molecule has 0 atom stereocenters. The van der Waals surface area contributed by atoms with Gasteiger partial charge in [0.15, 0.2) is 0 Å². The highest BCUT2D eigenvalue weighted by Gasteiger charge is 2.16. The molecule has 0 saturated heterocycles. The number of carbonyl (C=O) groups is 1. The van der Waals surface area contributed by atoms with E-state index in [9.17, 15) is 4.79 Å². The number of aromatic nitrogens is 2. The fourth-order valence-electron chi connectivity index (χ4n) is 2.87. The molecule has 1 amide bonds. The number of amides is 1. The molecule has 1 N–H and O–H groups in total. The number of hydrogen-bond acceptors (Lipinski definition) is 5. The lowest BCUT2D eigenvalue weighted by Crippen LogP contribution is -2.15. The van der Waals surface area contributed by atoms with E-state index in [0.29, 0.717) is 17.3 Å². The van der Waals surface area contributed by atoms with Crippen LogP contribution in [-0.2, 0) is 11.2 Å². The number of carbonyl (C=O) groups excluding carboxylic acids is 1. The maximum atomic E-state index is 12.5. The Morgan fingerprint density at radius 3 is 2.88 bits per heavy atom. The number of nitrogens with one attached hydrogen (secondary N) is 1. The highest BCUT2D eigenvalue weighted by atomic mass is 32.1. The predicted molar refractivity (Wildman–Crippen MR) is 103 cm³/mol. The Balaban J connectivity index is 1.56. The Morgan fingerprint density at radius 1 is 1.19 bits per heavy atom. The van der Waals surface area contributed by atoms with Crippen molar-refractivity contribution in [3.05, 3.63) is 65.0 Å². The zero-order valence-electron chi connectivity index (χ0n) is 14.4. The van der Waals surface area contributed by atoms with Crippen molar-refractivity contribution in [2.24, 2.45) is 0 Å². The molecule has 0 unspecified atom stereocenters. The normalized spacial score (nSPS) is 11.0. The first-order valence-electron chi connectivity index (χ1n) is 8.26. The number of hydrogen-bond donors (Lipinski definition) is 1. The first-order chi connectivity index (χ1) is 12.6. The molecule has 4 rings (SSSR count). The fraction of sp³-hybridized carbons (Fsp3) is 0.150. The second-order valence-electron chi connectivity index (χ2n) is 6.05. The molecule has 0 aliphatic carbocycles. The van der Waals surface area contributed by atoms with Crippen LogP contribution in [0, 0.1) is 13.8 Å². The number of rotatable bonds is 4. The van der Waals surface area contributed by atoms with Crippen molar-refractivity contribution in [3.63, 3.8) is 0 Å². The molecule has 1 aromatic carbocycles. The number of nitrogens with zero attached hydrogens (tertiary/aromatic N) is 2. The SMILES string of the molecule is Cc1oc(-c2cccs2)nc1CC(=O)Nc1ccc(C)c2ncccc12. The number of benzene rings is 1. The number of pyridine rings is 1. The van der Waals surface area contributed by atoms with Gasteiger partial charge in [0.05, 0.1) is 28.2 Å². The van der Waals surface area contributed by atoms with E-state index in [1.807, 2.05) is 55.6 Å². The van der Waals surface area contributed by atoms with E-state index >= 15 is 0 Å². The van der Waals surface area contributed by atoms with Gasteiger partial charge in [-0.1, -0.05) is 12.1 Å². The van der Waals surface area contributed by atoms with Crippen molar-refractivity contribution in [2.75, 3.05) is 5.32 Å². The van der Waals surface area contributed by atoms with Crippen molar-refractivity contribution in [1.29, 1.82) is 0 Å². The molecular weight excluding hydrogens is 346 g/mol. The van der Waals surface area contributed by atoms with Gasteiger partial charge in [-0.05, 0) is 49.1 Å². The third kappa shape index (κ3) is 3.11. The van der Waals surface area contributed by atoms with Gasteiger partial charge in [0, 0.05) is 11.6 Å². The summed E-state index contributed by atoms with van der Waals surface area (Å²) in [5.41, 5.74) is 3.37. The summed E-state index contributed by atoms with van der Waals surface area (Å²) in [5.74, 6) is 1.09. The molecule has 0 bridgehead atoms. The summed E-state index contributed by atoms with van der Waals surface area (Å²) < 4.78 is 5.71. The lowest BCUT2D eigenvalue weighted by atomic mass is 10.1. The third-order valence-electron chi connectivity index (χ3n) is 4.20. The van der Waals surface area contributed by atoms with Gasteiger partial charge in [-0.3, -0.25) is 9.78 Å². The summed E-state index contributed by atoms with van der Waals surface area (Å²) in [6, 6.07) is 11.6. The molecule has 3 heterocycles. The largest absolute Gasteiger partial charge is 0.440 e. The Hall–Kier alpha value is -2.99. The molecule has 5 nitrogen and oxygen atoms in total. The topological polar surface area (TPSA) is 68.0 Å². The van der Waals surface area contributed by atoms with Crippen LogP contribution in [0.25, 0.3) is 21.7 Å². The minimum atomic E-state index is -0.131.